The van der Waals surface area contributed by atoms with Crippen molar-refractivity contribution in [3.8, 4) is 0 Å². The van der Waals surface area contributed by atoms with Gasteiger partial charge in [0.25, 0.3) is 0 Å². The third-order valence-corrected chi connectivity index (χ3v) is 4.50. The van der Waals surface area contributed by atoms with E-state index in [9.17, 15) is 0 Å². The molecule has 1 aliphatic rings. The number of nitrogens with zero attached hydrogens (tertiary/aromatic N) is 2. The number of aromatic nitrogens is 2. The van der Waals surface area contributed by atoms with Crippen molar-refractivity contribution in [2.24, 2.45) is 5.92 Å². The van der Waals surface area contributed by atoms with Gasteiger partial charge >= 0.3 is 0 Å². The highest BCUT2D eigenvalue weighted by atomic mass is 15.0. The van der Waals surface area contributed by atoms with Gasteiger partial charge in [0.05, 0.1) is 16.7 Å². The van der Waals surface area contributed by atoms with Crippen molar-refractivity contribution in [1.29, 1.82) is 0 Å². The van der Waals surface area contributed by atoms with Crippen LogP contribution in [0.4, 0.5) is 5.82 Å². The van der Waals surface area contributed by atoms with E-state index in [4.69, 9.17) is 4.98 Å². The molecule has 1 fully saturated rings. The third kappa shape index (κ3) is 2.62. The predicted molar refractivity (Wildman–Crippen MR) is 83.9 cm³/mol. The number of benzene rings is 1. The lowest BCUT2D eigenvalue weighted by molar-refractivity contribution is 0.316. The second-order valence-corrected chi connectivity index (χ2v) is 5.85. The Bertz CT molecular complexity index is 594. The van der Waals surface area contributed by atoms with Crippen LogP contribution in [0.2, 0.25) is 0 Å². The monoisotopic (exact) mass is 269 g/mol. The summed E-state index contributed by atoms with van der Waals surface area (Å²) in [5.41, 5.74) is 2.96. The van der Waals surface area contributed by atoms with Crippen LogP contribution in [0.15, 0.2) is 24.3 Å². The Morgan fingerprint density at radius 2 is 1.80 bits per heavy atom. The van der Waals surface area contributed by atoms with Crippen molar-refractivity contribution in [3.63, 3.8) is 0 Å². The molecule has 0 radical (unpaired) electrons. The molecule has 2 atom stereocenters. The summed E-state index contributed by atoms with van der Waals surface area (Å²) in [6.07, 6.45) is 6.55. The molecule has 2 unspecified atom stereocenters. The van der Waals surface area contributed by atoms with E-state index < -0.39 is 0 Å². The molecule has 106 valence electrons. The van der Waals surface area contributed by atoms with Crippen LogP contribution in [0.5, 0.6) is 0 Å². The number of para-hydroxylation sites is 2. The maximum atomic E-state index is 4.76. The van der Waals surface area contributed by atoms with Crippen LogP contribution in [0, 0.1) is 12.8 Å². The molecule has 0 aliphatic heterocycles. The minimum absolute atomic E-state index is 0.558. The van der Waals surface area contributed by atoms with E-state index >= 15 is 0 Å². The molecule has 1 saturated carbocycles. The maximum absolute atomic E-state index is 4.76. The lowest BCUT2D eigenvalue weighted by atomic mass is 9.83. The molecule has 2 aromatic rings. The van der Waals surface area contributed by atoms with E-state index in [2.05, 4.69) is 17.2 Å². The molecule has 1 aromatic heterocycles. The molecule has 3 rings (SSSR count). The molecule has 3 heteroatoms. The smallest absolute Gasteiger partial charge is 0.148 e. The second-order valence-electron chi connectivity index (χ2n) is 5.85. The summed E-state index contributed by atoms with van der Waals surface area (Å²) in [5.74, 6) is 1.74. The van der Waals surface area contributed by atoms with Crippen molar-refractivity contribution >= 4 is 16.9 Å². The van der Waals surface area contributed by atoms with E-state index in [-0.39, 0.29) is 0 Å². The Balaban J connectivity index is 1.87. The van der Waals surface area contributed by atoms with Gasteiger partial charge in [0.15, 0.2) is 0 Å². The van der Waals surface area contributed by atoms with Gasteiger partial charge in [0.2, 0.25) is 0 Å². The zero-order valence-corrected chi connectivity index (χ0v) is 12.4. The lowest BCUT2D eigenvalue weighted by Gasteiger charge is -2.32. The minimum atomic E-state index is 0.558. The molecule has 0 spiro atoms. The number of aryl methyl sites for hydroxylation is 1. The van der Waals surface area contributed by atoms with Crippen molar-refractivity contribution < 1.29 is 0 Å². The number of rotatable bonds is 3. The first-order valence-corrected chi connectivity index (χ1v) is 7.78. The van der Waals surface area contributed by atoms with Crippen LogP contribution in [0.25, 0.3) is 11.0 Å². The van der Waals surface area contributed by atoms with E-state index in [1.54, 1.807) is 0 Å². The largest absolute Gasteiger partial charge is 0.366 e. The van der Waals surface area contributed by atoms with E-state index in [0.717, 1.165) is 28.5 Å². The molecular weight excluding hydrogens is 246 g/mol. The van der Waals surface area contributed by atoms with Crippen molar-refractivity contribution in [2.45, 2.75) is 52.0 Å². The summed E-state index contributed by atoms with van der Waals surface area (Å²) >= 11 is 0. The van der Waals surface area contributed by atoms with Crippen LogP contribution >= 0.6 is 0 Å². The molecule has 1 N–H and O–H groups in total. The summed E-state index contributed by atoms with van der Waals surface area (Å²) < 4.78 is 0. The van der Waals surface area contributed by atoms with Crippen LogP contribution < -0.4 is 5.32 Å². The molecular formula is C17H23N3. The molecule has 0 amide bonds. The zero-order chi connectivity index (χ0) is 13.9. The average Bonchev–Trinajstić information content (AvgIpc) is 2.48. The summed E-state index contributed by atoms with van der Waals surface area (Å²) in [5, 5.41) is 3.67. The Morgan fingerprint density at radius 3 is 2.55 bits per heavy atom. The van der Waals surface area contributed by atoms with Crippen molar-refractivity contribution in [1.82, 2.24) is 9.97 Å². The van der Waals surface area contributed by atoms with E-state index in [1.807, 2.05) is 31.2 Å². The van der Waals surface area contributed by atoms with Crippen LogP contribution in [-0.4, -0.2) is 16.0 Å². The minimum Gasteiger partial charge on any atom is -0.366 e. The molecule has 1 aliphatic carbocycles. The quantitative estimate of drug-likeness (QED) is 0.901. The topological polar surface area (TPSA) is 37.8 Å². The summed E-state index contributed by atoms with van der Waals surface area (Å²) in [7, 11) is 0. The van der Waals surface area contributed by atoms with Gasteiger partial charge in [-0.25, -0.2) is 9.97 Å². The lowest BCUT2D eigenvalue weighted by Crippen LogP contribution is -2.32. The second kappa shape index (κ2) is 5.78. The number of hydrogen-bond acceptors (Lipinski definition) is 3. The fourth-order valence-electron chi connectivity index (χ4n) is 3.29. The predicted octanol–water partition coefficient (Wildman–Crippen LogP) is 4.32. The van der Waals surface area contributed by atoms with Gasteiger partial charge in [0, 0.05) is 6.04 Å². The summed E-state index contributed by atoms with van der Waals surface area (Å²) in [4.78, 5) is 9.43. The van der Waals surface area contributed by atoms with Gasteiger partial charge in [-0.15, -0.1) is 0 Å². The molecule has 0 bridgehead atoms. The van der Waals surface area contributed by atoms with Crippen LogP contribution in [0.1, 0.15) is 44.7 Å². The molecule has 20 heavy (non-hydrogen) atoms. The number of fused-ring (bicyclic) bond motifs is 1. The first kappa shape index (κ1) is 13.3. The normalized spacial score (nSPS) is 22.9. The standard InChI is InChI=1S/C17H23N3/c1-3-13-8-4-5-9-14(13)19-17-12(2)18-15-10-6-7-11-16(15)20-17/h6-7,10-11,13-14H,3-5,8-9H2,1-2H3,(H,19,20). The Morgan fingerprint density at radius 1 is 1.10 bits per heavy atom. The summed E-state index contributed by atoms with van der Waals surface area (Å²) in [6.45, 7) is 4.34. The van der Waals surface area contributed by atoms with Gasteiger partial charge in [0.1, 0.15) is 5.82 Å². The first-order chi connectivity index (χ1) is 9.78. The van der Waals surface area contributed by atoms with Crippen LogP contribution in [0.3, 0.4) is 0 Å². The Hall–Kier alpha value is -1.64. The van der Waals surface area contributed by atoms with Gasteiger partial charge in [-0.2, -0.15) is 0 Å². The molecule has 0 saturated heterocycles. The highest BCUT2D eigenvalue weighted by Gasteiger charge is 2.24. The highest BCUT2D eigenvalue weighted by Crippen LogP contribution is 2.29. The van der Waals surface area contributed by atoms with E-state index in [1.165, 1.54) is 32.1 Å². The molecule has 1 heterocycles. The SMILES string of the molecule is CCC1CCCCC1Nc1nc2ccccc2nc1C. The Kier molecular flexibility index (Phi) is 3.86. The van der Waals surface area contributed by atoms with E-state index in [0.29, 0.717) is 6.04 Å². The highest BCUT2D eigenvalue weighted by molar-refractivity contribution is 5.76. The van der Waals surface area contributed by atoms with Gasteiger partial charge in [-0.3, -0.25) is 0 Å². The van der Waals surface area contributed by atoms with Crippen LogP contribution in [-0.2, 0) is 0 Å². The Labute approximate surface area is 120 Å². The first-order valence-electron chi connectivity index (χ1n) is 7.78. The molecule has 3 nitrogen and oxygen atoms in total. The average molecular weight is 269 g/mol. The third-order valence-electron chi connectivity index (χ3n) is 4.50. The number of nitrogens with one attached hydrogen (secondary N) is 1. The maximum Gasteiger partial charge on any atom is 0.148 e. The van der Waals surface area contributed by atoms with Crippen molar-refractivity contribution in [3.05, 3.63) is 30.0 Å². The summed E-state index contributed by atoms with van der Waals surface area (Å²) in [6, 6.07) is 8.64. The fraction of sp³-hybridized carbons (Fsp3) is 0.529. The van der Waals surface area contributed by atoms with Gasteiger partial charge in [-0.1, -0.05) is 38.3 Å². The number of hydrogen-bond donors (Lipinski definition) is 1. The van der Waals surface area contributed by atoms with Gasteiger partial charge in [-0.05, 0) is 37.8 Å². The molecule has 1 aromatic carbocycles. The number of anilines is 1. The zero-order valence-electron chi connectivity index (χ0n) is 12.4. The fourth-order valence-corrected chi connectivity index (χ4v) is 3.29. The van der Waals surface area contributed by atoms with Gasteiger partial charge < -0.3 is 5.32 Å². The van der Waals surface area contributed by atoms with Crippen molar-refractivity contribution in [2.75, 3.05) is 5.32 Å².